The normalized spacial score (nSPS) is 11.4. The fraction of sp³-hybridized carbons (Fsp3) is 0.444. The molecule has 2 aromatic rings. The molecule has 6 heteroatoms. The van der Waals surface area contributed by atoms with Crippen LogP contribution >= 0.6 is 11.8 Å². The molecule has 0 aliphatic carbocycles. The van der Waals surface area contributed by atoms with Gasteiger partial charge in [0.05, 0.1) is 6.33 Å². The zero-order valence-corrected chi connectivity index (χ0v) is 9.58. The summed E-state index contributed by atoms with van der Waals surface area (Å²) in [6.07, 6.45) is 3.20. The molecule has 2 rings (SSSR count). The molecular formula is C9H13N5S. The molecule has 80 valence electrons. The first-order valence-electron chi connectivity index (χ1n) is 4.69. The van der Waals surface area contributed by atoms with Crippen molar-refractivity contribution < 1.29 is 0 Å². The first-order chi connectivity index (χ1) is 7.27. The van der Waals surface area contributed by atoms with Gasteiger partial charge in [0.2, 0.25) is 0 Å². The summed E-state index contributed by atoms with van der Waals surface area (Å²) in [7, 11) is 4.12. The smallest absolute Gasteiger partial charge is 0.181 e. The van der Waals surface area contributed by atoms with Gasteiger partial charge in [0.25, 0.3) is 0 Å². The minimum atomic E-state index is 0.734. The molecule has 0 aromatic carbocycles. The number of imidazole rings is 1. The van der Waals surface area contributed by atoms with Crippen molar-refractivity contribution >= 4 is 22.9 Å². The lowest BCUT2D eigenvalue weighted by molar-refractivity contribution is 0.437. The van der Waals surface area contributed by atoms with Crippen LogP contribution in [0.15, 0.2) is 17.7 Å². The quantitative estimate of drug-likeness (QED) is 0.619. The van der Waals surface area contributed by atoms with Crippen LogP contribution in [0.3, 0.4) is 0 Å². The molecule has 2 aromatic heterocycles. The van der Waals surface area contributed by atoms with Crippen molar-refractivity contribution in [3.05, 3.63) is 12.7 Å². The van der Waals surface area contributed by atoms with Crippen LogP contribution in [0.4, 0.5) is 0 Å². The topological polar surface area (TPSA) is 57.7 Å². The van der Waals surface area contributed by atoms with E-state index in [-0.39, 0.29) is 0 Å². The van der Waals surface area contributed by atoms with Gasteiger partial charge in [-0.1, -0.05) is 0 Å². The molecule has 0 amide bonds. The van der Waals surface area contributed by atoms with Crippen LogP contribution in [0.2, 0.25) is 0 Å². The number of hydrogen-bond acceptors (Lipinski definition) is 5. The van der Waals surface area contributed by atoms with Crippen LogP contribution in [-0.4, -0.2) is 51.2 Å². The zero-order chi connectivity index (χ0) is 10.7. The number of fused-ring (bicyclic) bond motifs is 1. The highest BCUT2D eigenvalue weighted by Crippen LogP contribution is 2.21. The maximum Gasteiger partial charge on any atom is 0.181 e. The van der Waals surface area contributed by atoms with Gasteiger partial charge in [-0.3, -0.25) is 0 Å². The molecular weight excluding hydrogens is 210 g/mol. The van der Waals surface area contributed by atoms with Crippen molar-refractivity contribution in [3.8, 4) is 0 Å². The zero-order valence-electron chi connectivity index (χ0n) is 8.77. The van der Waals surface area contributed by atoms with Crippen molar-refractivity contribution in [1.29, 1.82) is 0 Å². The third-order valence-electron chi connectivity index (χ3n) is 1.97. The summed E-state index contributed by atoms with van der Waals surface area (Å²) in [4.78, 5) is 17.6. The molecule has 1 N–H and O–H groups in total. The maximum atomic E-state index is 4.24. The van der Waals surface area contributed by atoms with E-state index in [1.54, 1.807) is 24.4 Å². The second kappa shape index (κ2) is 4.59. The Morgan fingerprint density at radius 3 is 3.00 bits per heavy atom. The lowest BCUT2D eigenvalue weighted by Gasteiger charge is -2.08. The average Bonchev–Trinajstić information content (AvgIpc) is 2.65. The number of hydrogen-bond donors (Lipinski definition) is 1. The Morgan fingerprint density at radius 1 is 1.33 bits per heavy atom. The largest absolute Gasteiger partial charge is 0.341 e. The predicted molar refractivity (Wildman–Crippen MR) is 61.0 cm³/mol. The van der Waals surface area contributed by atoms with Crippen molar-refractivity contribution in [3.63, 3.8) is 0 Å². The Morgan fingerprint density at radius 2 is 2.20 bits per heavy atom. The van der Waals surface area contributed by atoms with Gasteiger partial charge in [-0.25, -0.2) is 15.0 Å². The number of nitrogens with one attached hydrogen (secondary N) is 1. The van der Waals surface area contributed by atoms with Crippen molar-refractivity contribution in [2.75, 3.05) is 26.4 Å². The number of nitrogens with zero attached hydrogens (tertiary/aromatic N) is 4. The van der Waals surface area contributed by atoms with Gasteiger partial charge < -0.3 is 9.88 Å². The minimum absolute atomic E-state index is 0.734. The average molecular weight is 223 g/mol. The van der Waals surface area contributed by atoms with E-state index in [9.17, 15) is 0 Å². The van der Waals surface area contributed by atoms with Crippen LogP contribution in [0.25, 0.3) is 11.2 Å². The summed E-state index contributed by atoms with van der Waals surface area (Å²) < 4.78 is 0. The standard InChI is InChI=1S/C9H13N5S/c1-14(2)3-4-15-9-7-8(11-5-10-7)12-6-13-9/h5-6H,3-4H2,1-2H3,(H,10,11,12,13). The second-order valence-electron chi connectivity index (χ2n) is 3.43. The van der Waals surface area contributed by atoms with E-state index < -0.39 is 0 Å². The van der Waals surface area contributed by atoms with Crippen LogP contribution in [0, 0.1) is 0 Å². The number of H-pyrrole nitrogens is 1. The number of thioether (sulfide) groups is 1. The summed E-state index contributed by atoms with van der Waals surface area (Å²) in [6, 6.07) is 0. The third-order valence-corrected chi connectivity index (χ3v) is 2.94. The molecule has 2 heterocycles. The van der Waals surface area contributed by atoms with Crippen LogP contribution in [0.5, 0.6) is 0 Å². The fourth-order valence-electron chi connectivity index (χ4n) is 1.18. The summed E-state index contributed by atoms with van der Waals surface area (Å²) in [6.45, 7) is 1.03. The van der Waals surface area contributed by atoms with E-state index in [1.807, 2.05) is 0 Å². The van der Waals surface area contributed by atoms with Gasteiger partial charge in [0.1, 0.15) is 16.9 Å². The molecule has 0 saturated heterocycles. The lowest BCUT2D eigenvalue weighted by Crippen LogP contribution is -2.14. The Hall–Kier alpha value is -1.14. The van der Waals surface area contributed by atoms with Gasteiger partial charge in [-0.2, -0.15) is 0 Å². The molecule has 0 saturated carbocycles. The van der Waals surface area contributed by atoms with Crippen LogP contribution in [-0.2, 0) is 0 Å². The fourth-order valence-corrected chi connectivity index (χ4v) is 2.24. The highest BCUT2D eigenvalue weighted by atomic mass is 32.2. The van der Waals surface area contributed by atoms with E-state index in [0.717, 1.165) is 28.5 Å². The van der Waals surface area contributed by atoms with Crippen molar-refractivity contribution in [2.24, 2.45) is 0 Å². The van der Waals surface area contributed by atoms with E-state index >= 15 is 0 Å². The van der Waals surface area contributed by atoms with Crippen molar-refractivity contribution in [1.82, 2.24) is 24.8 Å². The number of rotatable bonds is 4. The third kappa shape index (κ3) is 2.45. The Kier molecular flexibility index (Phi) is 3.17. The van der Waals surface area contributed by atoms with Gasteiger partial charge in [-0.05, 0) is 14.1 Å². The summed E-state index contributed by atoms with van der Waals surface area (Å²) in [5.74, 6) is 1.01. The monoisotopic (exact) mass is 223 g/mol. The Bertz CT molecular complexity index is 439. The van der Waals surface area contributed by atoms with Gasteiger partial charge in [-0.15, -0.1) is 11.8 Å². The first kappa shape index (κ1) is 10.4. The van der Waals surface area contributed by atoms with Crippen LogP contribution in [0.1, 0.15) is 0 Å². The lowest BCUT2D eigenvalue weighted by atomic mass is 10.6. The molecule has 0 atom stereocenters. The van der Waals surface area contributed by atoms with E-state index in [4.69, 9.17) is 0 Å². The highest BCUT2D eigenvalue weighted by molar-refractivity contribution is 7.99. The summed E-state index contributed by atoms with van der Waals surface area (Å²) in [5.41, 5.74) is 1.67. The van der Waals surface area contributed by atoms with E-state index in [0.29, 0.717) is 0 Å². The molecule has 5 nitrogen and oxygen atoms in total. The predicted octanol–water partition coefficient (Wildman–Crippen LogP) is 1.01. The van der Waals surface area contributed by atoms with Crippen LogP contribution < -0.4 is 0 Å². The number of aromatic nitrogens is 4. The number of aromatic amines is 1. The molecule has 0 radical (unpaired) electrons. The molecule has 15 heavy (non-hydrogen) atoms. The maximum absolute atomic E-state index is 4.24. The second-order valence-corrected chi connectivity index (χ2v) is 4.52. The van der Waals surface area contributed by atoms with Gasteiger partial charge in [0, 0.05) is 12.3 Å². The molecule has 0 aliphatic rings. The molecule has 0 aliphatic heterocycles. The summed E-state index contributed by atoms with van der Waals surface area (Å²) in [5, 5.41) is 0.972. The SMILES string of the molecule is CN(C)CCSc1ncnc2nc[nH]c12. The molecule has 0 unspecified atom stereocenters. The molecule has 0 fully saturated rings. The van der Waals surface area contributed by atoms with Gasteiger partial charge in [0.15, 0.2) is 5.65 Å². The molecule has 0 spiro atoms. The first-order valence-corrected chi connectivity index (χ1v) is 5.67. The van der Waals surface area contributed by atoms with Gasteiger partial charge >= 0.3 is 0 Å². The minimum Gasteiger partial charge on any atom is -0.341 e. The molecule has 0 bridgehead atoms. The van der Waals surface area contributed by atoms with E-state index in [2.05, 4.69) is 38.9 Å². The Balaban J connectivity index is 2.10. The van der Waals surface area contributed by atoms with Crippen molar-refractivity contribution in [2.45, 2.75) is 5.03 Å². The summed E-state index contributed by atoms with van der Waals surface area (Å²) >= 11 is 1.72. The van der Waals surface area contributed by atoms with E-state index in [1.165, 1.54) is 0 Å². The Labute approximate surface area is 92.3 Å². The highest BCUT2D eigenvalue weighted by Gasteiger charge is 2.05.